The van der Waals surface area contributed by atoms with Crippen molar-refractivity contribution in [3.05, 3.63) is 18.7 Å². The number of carbonyl (C=O) groups is 1. The van der Waals surface area contributed by atoms with Crippen molar-refractivity contribution in [2.75, 3.05) is 13.7 Å². The van der Waals surface area contributed by atoms with E-state index >= 15 is 0 Å². The first kappa shape index (κ1) is 22.0. The van der Waals surface area contributed by atoms with Gasteiger partial charge in [0.15, 0.2) is 5.78 Å². The van der Waals surface area contributed by atoms with Gasteiger partial charge in [-0.25, -0.2) is 4.98 Å². The van der Waals surface area contributed by atoms with Crippen molar-refractivity contribution in [2.24, 2.45) is 35.0 Å². The lowest BCUT2D eigenvalue weighted by Crippen LogP contribution is -2.47. The number of Topliss-reactive ketones (excluding diaryl/α,β-unsaturated/α-hetero) is 1. The Labute approximate surface area is 181 Å². The number of hydrogen-bond acceptors (Lipinski definition) is 4. The smallest absolute Gasteiger partial charge is 0.156 e. The van der Waals surface area contributed by atoms with Gasteiger partial charge in [-0.2, -0.15) is 0 Å². The van der Waals surface area contributed by atoms with E-state index < -0.39 is 5.60 Å². The number of fused-ring (bicyclic) bond motifs is 3. The van der Waals surface area contributed by atoms with Crippen LogP contribution in [0.4, 0.5) is 0 Å². The van der Waals surface area contributed by atoms with Crippen LogP contribution in [0.5, 0.6) is 0 Å². The molecule has 3 aliphatic rings. The molecule has 0 aromatic carbocycles. The van der Waals surface area contributed by atoms with Gasteiger partial charge in [-0.1, -0.05) is 19.8 Å². The fraction of sp³-hybridized carbons (Fsp3) is 0.840. The quantitative estimate of drug-likeness (QED) is 0.678. The van der Waals surface area contributed by atoms with Gasteiger partial charge >= 0.3 is 0 Å². The lowest BCUT2D eigenvalue weighted by atomic mass is 9.52. The molecule has 3 aliphatic carbocycles. The maximum Gasteiger partial charge on any atom is 0.156 e. The average Bonchev–Trinajstić information content (AvgIpc) is 3.33. The summed E-state index contributed by atoms with van der Waals surface area (Å²) in [4.78, 5) is 17.3. The second kappa shape index (κ2) is 8.74. The summed E-state index contributed by atoms with van der Waals surface area (Å²) in [7, 11) is 1.66. The number of aliphatic hydroxyl groups is 1. The van der Waals surface area contributed by atoms with Gasteiger partial charge in [0, 0.05) is 25.4 Å². The van der Waals surface area contributed by atoms with E-state index in [1.165, 1.54) is 38.5 Å². The summed E-state index contributed by atoms with van der Waals surface area (Å²) in [6.07, 6.45) is 16.0. The molecule has 3 saturated carbocycles. The Balaban J connectivity index is 1.42. The standard InChI is InChI=1S/C25H40N2O3/c1-24(29,16-30-3)11-9-18-5-4-6-20-19(18)10-12-25(2)21(20)7-8-22(25)23(28)15-27-14-13-26-17-27/h13-14,17-22,29H,4-12,15-16H2,1-3H3. The summed E-state index contributed by atoms with van der Waals surface area (Å²) in [5, 5.41) is 10.6. The third-order valence-corrected chi connectivity index (χ3v) is 9.01. The average molecular weight is 417 g/mol. The molecule has 3 fully saturated rings. The lowest BCUT2D eigenvalue weighted by molar-refractivity contribution is -0.130. The van der Waals surface area contributed by atoms with Crippen LogP contribution in [0.3, 0.4) is 0 Å². The normalized spacial score (nSPS) is 37.9. The predicted octanol–water partition coefficient (Wildman–Crippen LogP) is 4.49. The molecule has 1 N–H and O–H groups in total. The Morgan fingerprint density at radius 1 is 1.27 bits per heavy atom. The zero-order valence-electron chi connectivity index (χ0n) is 19.1. The third-order valence-electron chi connectivity index (χ3n) is 9.01. The van der Waals surface area contributed by atoms with Gasteiger partial charge in [-0.3, -0.25) is 4.79 Å². The molecule has 5 heteroatoms. The van der Waals surface area contributed by atoms with Crippen molar-refractivity contribution in [2.45, 2.75) is 83.8 Å². The summed E-state index contributed by atoms with van der Waals surface area (Å²) < 4.78 is 7.13. The minimum atomic E-state index is -0.719. The molecule has 0 aliphatic heterocycles. The number of ketones is 1. The molecule has 168 valence electrons. The molecule has 1 heterocycles. The molecule has 4 rings (SSSR count). The minimum Gasteiger partial charge on any atom is -0.388 e. The molecular weight excluding hydrogens is 376 g/mol. The molecule has 5 nitrogen and oxygen atoms in total. The lowest BCUT2D eigenvalue weighted by Gasteiger charge is -2.53. The predicted molar refractivity (Wildman–Crippen MR) is 117 cm³/mol. The summed E-state index contributed by atoms with van der Waals surface area (Å²) >= 11 is 0. The number of imidazole rings is 1. The summed E-state index contributed by atoms with van der Waals surface area (Å²) in [5.74, 6) is 3.55. The molecule has 1 aromatic rings. The van der Waals surface area contributed by atoms with E-state index in [1.807, 2.05) is 17.7 Å². The molecule has 7 unspecified atom stereocenters. The third kappa shape index (κ3) is 4.25. The first-order valence-corrected chi connectivity index (χ1v) is 12.0. The van der Waals surface area contributed by atoms with Crippen LogP contribution in [0, 0.1) is 35.0 Å². The Bertz CT molecular complexity index is 716. The molecule has 0 spiro atoms. The van der Waals surface area contributed by atoms with E-state index in [0.717, 1.165) is 37.0 Å². The zero-order valence-corrected chi connectivity index (χ0v) is 19.1. The maximum atomic E-state index is 13.2. The summed E-state index contributed by atoms with van der Waals surface area (Å²) in [5.41, 5.74) is -0.550. The van der Waals surface area contributed by atoms with Crippen molar-refractivity contribution in [1.29, 1.82) is 0 Å². The second-order valence-electron chi connectivity index (χ2n) is 11.0. The monoisotopic (exact) mass is 416 g/mol. The highest BCUT2D eigenvalue weighted by atomic mass is 16.5. The first-order valence-electron chi connectivity index (χ1n) is 12.0. The van der Waals surface area contributed by atoms with Crippen molar-refractivity contribution in [3.63, 3.8) is 0 Å². The van der Waals surface area contributed by atoms with Crippen LogP contribution in [0.15, 0.2) is 18.7 Å². The van der Waals surface area contributed by atoms with Crippen molar-refractivity contribution in [3.8, 4) is 0 Å². The zero-order chi connectivity index (χ0) is 21.4. The first-order chi connectivity index (χ1) is 14.3. The number of aromatic nitrogens is 2. The van der Waals surface area contributed by atoms with Gasteiger partial charge in [0.2, 0.25) is 0 Å². The van der Waals surface area contributed by atoms with Crippen molar-refractivity contribution in [1.82, 2.24) is 9.55 Å². The topological polar surface area (TPSA) is 64.3 Å². The number of hydrogen-bond donors (Lipinski definition) is 1. The van der Waals surface area contributed by atoms with Crippen LogP contribution < -0.4 is 0 Å². The van der Waals surface area contributed by atoms with Crippen molar-refractivity contribution >= 4 is 5.78 Å². The van der Waals surface area contributed by atoms with E-state index in [9.17, 15) is 9.90 Å². The van der Waals surface area contributed by atoms with E-state index in [2.05, 4.69) is 11.9 Å². The Hall–Kier alpha value is -1.20. The molecule has 0 bridgehead atoms. The fourth-order valence-corrected chi connectivity index (χ4v) is 7.58. The van der Waals surface area contributed by atoms with Crippen LogP contribution in [0.1, 0.15) is 71.6 Å². The summed E-state index contributed by atoms with van der Waals surface area (Å²) in [6.45, 7) is 5.21. The largest absolute Gasteiger partial charge is 0.388 e. The second-order valence-corrected chi connectivity index (χ2v) is 11.0. The van der Waals surface area contributed by atoms with Crippen LogP contribution in [-0.4, -0.2) is 39.8 Å². The Morgan fingerprint density at radius 2 is 2.10 bits per heavy atom. The van der Waals surface area contributed by atoms with Gasteiger partial charge < -0.3 is 14.4 Å². The Kier molecular flexibility index (Phi) is 6.41. The highest BCUT2D eigenvalue weighted by Crippen LogP contribution is 2.63. The molecule has 0 radical (unpaired) electrons. The molecule has 7 atom stereocenters. The number of ether oxygens (including phenoxy) is 1. The number of carbonyl (C=O) groups excluding carboxylic acids is 1. The van der Waals surface area contributed by atoms with Gasteiger partial charge in [0.05, 0.1) is 25.1 Å². The highest BCUT2D eigenvalue weighted by Gasteiger charge is 2.56. The number of nitrogens with zero attached hydrogens (tertiary/aromatic N) is 2. The molecule has 0 saturated heterocycles. The van der Waals surface area contributed by atoms with E-state index in [4.69, 9.17) is 4.74 Å². The van der Waals surface area contributed by atoms with Gasteiger partial charge in [-0.05, 0) is 81.0 Å². The van der Waals surface area contributed by atoms with Gasteiger partial charge in [-0.15, -0.1) is 0 Å². The SMILES string of the molecule is COCC(C)(O)CCC1CCCC2C1CCC1(C)C(C(=O)Cn3ccnc3)CCC21. The van der Waals surface area contributed by atoms with Crippen LogP contribution in [0.2, 0.25) is 0 Å². The van der Waals surface area contributed by atoms with Crippen LogP contribution in [0.25, 0.3) is 0 Å². The molecule has 0 amide bonds. The Morgan fingerprint density at radius 3 is 2.83 bits per heavy atom. The van der Waals surface area contributed by atoms with Gasteiger partial charge in [0.1, 0.15) is 0 Å². The number of methoxy groups -OCH3 is 1. The molecular formula is C25H40N2O3. The number of rotatable bonds is 8. The highest BCUT2D eigenvalue weighted by molar-refractivity contribution is 5.82. The fourth-order valence-electron chi connectivity index (χ4n) is 7.58. The van der Waals surface area contributed by atoms with E-state index in [-0.39, 0.29) is 11.3 Å². The maximum absolute atomic E-state index is 13.2. The van der Waals surface area contributed by atoms with Crippen molar-refractivity contribution < 1.29 is 14.6 Å². The minimum absolute atomic E-state index is 0.169. The van der Waals surface area contributed by atoms with E-state index in [0.29, 0.717) is 24.9 Å². The van der Waals surface area contributed by atoms with Crippen LogP contribution in [-0.2, 0) is 16.1 Å². The molecule has 30 heavy (non-hydrogen) atoms. The van der Waals surface area contributed by atoms with E-state index in [1.54, 1.807) is 19.6 Å². The molecule has 1 aromatic heterocycles. The van der Waals surface area contributed by atoms with Crippen LogP contribution >= 0.6 is 0 Å². The summed E-state index contributed by atoms with van der Waals surface area (Å²) in [6, 6.07) is 0. The van der Waals surface area contributed by atoms with Gasteiger partial charge in [0.25, 0.3) is 0 Å².